The van der Waals surface area contributed by atoms with Crippen molar-refractivity contribution in [3.63, 3.8) is 0 Å². The van der Waals surface area contributed by atoms with E-state index in [0.29, 0.717) is 17.9 Å². The third-order valence-electron chi connectivity index (χ3n) is 3.31. The lowest BCUT2D eigenvalue weighted by Crippen LogP contribution is -2.42. The van der Waals surface area contributed by atoms with Crippen LogP contribution in [0.4, 0.5) is 0 Å². The number of ether oxygens (including phenoxy) is 1. The number of hydrogen-bond acceptors (Lipinski definition) is 3. The van der Waals surface area contributed by atoms with Crippen molar-refractivity contribution in [1.29, 1.82) is 0 Å². The summed E-state index contributed by atoms with van der Waals surface area (Å²) < 4.78 is 5.31. The third kappa shape index (κ3) is 4.85. The summed E-state index contributed by atoms with van der Waals surface area (Å²) >= 11 is 0. The van der Waals surface area contributed by atoms with Crippen LogP contribution in [-0.2, 0) is 11.2 Å². The molecule has 1 unspecified atom stereocenters. The summed E-state index contributed by atoms with van der Waals surface area (Å²) in [5, 5.41) is 11.9. The van der Waals surface area contributed by atoms with Gasteiger partial charge in [0.2, 0.25) is 0 Å². The normalized spacial score (nSPS) is 11.5. The van der Waals surface area contributed by atoms with Crippen LogP contribution in [0, 0.1) is 0 Å². The number of benzene rings is 2. The first-order chi connectivity index (χ1) is 11.1. The molecule has 0 aliphatic rings. The molecule has 2 aromatic carbocycles. The van der Waals surface area contributed by atoms with Crippen LogP contribution in [0.3, 0.4) is 0 Å². The molecule has 1 amide bonds. The number of amides is 1. The van der Waals surface area contributed by atoms with Gasteiger partial charge in [-0.3, -0.25) is 4.79 Å². The van der Waals surface area contributed by atoms with Gasteiger partial charge < -0.3 is 15.2 Å². The first kappa shape index (κ1) is 16.5. The molecule has 1 atom stereocenters. The van der Waals surface area contributed by atoms with E-state index in [1.807, 2.05) is 37.3 Å². The Morgan fingerprint density at radius 1 is 1.09 bits per heavy atom. The van der Waals surface area contributed by atoms with Crippen LogP contribution in [0.1, 0.15) is 22.8 Å². The monoisotopic (exact) mass is 313 g/mol. The minimum atomic E-state index is -1.06. The first-order valence-corrected chi connectivity index (χ1v) is 7.40. The highest BCUT2D eigenvalue weighted by molar-refractivity contribution is 5.96. The van der Waals surface area contributed by atoms with Crippen molar-refractivity contribution in [1.82, 2.24) is 5.32 Å². The Labute approximate surface area is 134 Å². The van der Waals surface area contributed by atoms with E-state index < -0.39 is 17.9 Å². The molecule has 0 aliphatic carbocycles. The van der Waals surface area contributed by atoms with Gasteiger partial charge in [-0.15, -0.1) is 0 Å². The van der Waals surface area contributed by atoms with Crippen molar-refractivity contribution >= 4 is 11.9 Å². The lowest BCUT2D eigenvalue weighted by Gasteiger charge is -2.15. The molecule has 5 nitrogen and oxygen atoms in total. The summed E-state index contributed by atoms with van der Waals surface area (Å²) in [4.78, 5) is 23.6. The molecule has 2 N–H and O–H groups in total. The van der Waals surface area contributed by atoms with Gasteiger partial charge in [-0.2, -0.15) is 0 Å². The summed E-state index contributed by atoms with van der Waals surface area (Å²) in [6.07, 6.45) is 0.235. The van der Waals surface area contributed by atoms with Gasteiger partial charge in [-0.05, 0) is 36.8 Å². The van der Waals surface area contributed by atoms with E-state index in [2.05, 4.69) is 5.32 Å². The van der Waals surface area contributed by atoms with Crippen LogP contribution in [0.25, 0.3) is 0 Å². The number of carboxylic acids is 1. The number of carbonyl (C=O) groups is 2. The second-order valence-electron chi connectivity index (χ2n) is 5.01. The molecule has 0 saturated heterocycles. The Hall–Kier alpha value is -2.82. The quantitative estimate of drug-likeness (QED) is 0.823. The molecule has 0 radical (unpaired) electrons. The van der Waals surface area contributed by atoms with Gasteiger partial charge in [-0.25, -0.2) is 4.79 Å². The number of nitrogens with one attached hydrogen (secondary N) is 1. The molecule has 0 aromatic heterocycles. The summed E-state index contributed by atoms with van der Waals surface area (Å²) in [5.41, 5.74) is 1.25. The van der Waals surface area contributed by atoms with Crippen molar-refractivity contribution in [3.8, 4) is 5.75 Å². The van der Waals surface area contributed by atoms with Gasteiger partial charge >= 0.3 is 5.97 Å². The predicted octanol–water partition coefficient (Wildman–Crippen LogP) is 2.51. The molecule has 0 saturated carbocycles. The van der Waals surface area contributed by atoms with Gasteiger partial charge in [0.15, 0.2) is 0 Å². The van der Waals surface area contributed by atoms with Crippen molar-refractivity contribution < 1.29 is 19.4 Å². The fourth-order valence-corrected chi connectivity index (χ4v) is 2.16. The molecule has 0 heterocycles. The summed E-state index contributed by atoms with van der Waals surface area (Å²) in [7, 11) is 0. The lowest BCUT2D eigenvalue weighted by molar-refractivity contribution is -0.139. The van der Waals surface area contributed by atoms with E-state index in [-0.39, 0.29) is 6.42 Å². The average Bonchev–Trinajstić information content (AvgIpc) is 2.56. The largest absolute Gasteiger partial charge is 0.494 e. The van der Waals surface area contributed by atoms with Gasteiger partial charge in [0.05, 0.1) is 6.61 Å². The summed E-state index contributed by atoms with van der Waals surface area (Å²) in [6, 6.07) is 14.8. The van der Waals surface area contributed by atoms with Crippen molar-refractivity contribution in [2.75, 3.05) is 6.61 Å². The minimum absolute atomic E-state index is 0.235. The highest BCUT2D eigenvalue weighted by Crippen LogP contribution is 2.12. The number of carboxylic acid groups (broad SMARTS) is 1. The van der Waals surface area contributed by atoms with Crippen LogP contribution in [0.15, 0.2) is 54.6 Å². The SMILES string of the molecule is CCOc1ccc(C(=O)NC(Cc2ccccc2)C(=O)O)cc1. The Morgan fingerprint density at radius 2 is 1.74 bits per heavy atom. The zero-order chi connectivity index (χ0) is 16.7. The van der Waals surface area contributed by atoms with Crippen LogP contribution < -0.4 is 10.1 Å². The van der Waals surface area contributed by atoms with Crippen LogP contribution in [-0.4, -0.2) is 29.6 Å². The van der Waals surface area contributed by atoms with E-state index in [1.54, 1.807) is 24.3 Å². The predicted molar refractivity (Wildman–Crippen MR) is 86.6 cm³/mol. The molecule has 23 heavy (non-hydrogen) atoms. The zero-order valence-corrected chi connectivity index (χ0v) is 12.9. The van der Waals surface area contributed by atoms with Crippen molar-refractivity contribution in [2.45, 2.75) is 19.4 Å². The van der Waals surface area contributed by atoms with Gasteiger partial charge in [0.1, 0.15) is 11.8 Å². The minimum Gasteiger partial charge on any atom is -0.494 e. The molecule has 2 rings (SSSR count). The van der Waals surface area contributed by atoms with Gasteiger partial charge in [-0.1, -0.05) is 30.3 Å². The molecule has 2 aromatic rings. The molecule has 0 bridgehead atoms. The van der Waals surface area contributed by atoms with Gasteiger partial charge in [0, 0.05) is 12.0 Å². The Kier molecular flexibility index (Phi) is 5.74. The van der Waals surface area contributed by atoms with Crippen LogP contribution >= 0.6 is 0 Å². The Balaban J connectivity index is 2.04. The number of aliphatic carboxylic acids is 1. The molecule has 0 aliphatic heterocycles. The maximum atomic E-state index is 12.2. The molecular formula is C18H19NO4. The van der Waals surface area contributed by atoms with E-state index in [9.17, 15) is 14.7 Å². The maximum Gasteiger partial charge on any atom is 0.326 e. The molecular weight excluding hydrogens is 294 g/mol. The number of rotatable bonds is 7. The molecule has 5 heteroatoms. The highest BCUT2D eigenvalue weighted by Gasteiger charge is 2.21. The average molecular weight is 313 g/mol. The van der Waals surface area contributed by atoms with E-state index in [0.717, 1.165) is 5.56 Å². The number of hydrogen-bond donors (Lipinski definition) is 2. The number of carbonyl (C=O) groups excluding carboxylic acids is 1. The van der Waals surface area contributed by atoms with E-state index in [4.69, 9.17) is 4.74 Å². The summed E-state index contributed by atoms with van der Waals surface area (Å²) in [5.74, 6) is -0.812. The molecule has 0 spiro atoms. The first-order valence-electron chi connectivity index (χ1n) is 7.40. The Bertz CT molecular complexity index is 652. The van der Waals surface area contributed by atoms with E-state index >= 15 is 0 Å². The van der Waals surface area contributed by atoms with E-state index in [1.165, 1.54) is 0 Å². The zero-order valence-electron chi connectivity index (χ0n) is 12.9. The summed E-state index contributed by atoms with van der Waals surface area (Å²) in [6.45, 7) is 2.42. The highest BCUT2D eigenvalue weighted by atomic mass is 16.5. The van der Waals surface area contributed by atoms with Crippen LogP contribution in [0.5, 0.6) is 5.75 Å². The molecule has 0 fully saturated rings. The second kappa shape index (κ2) is 7.98. The topological polar surface area (TPSA) is 75.6 Å². The smallest absolute Gasteiger partial charge is 0.326 e. The van der Waals surface area contributed by atoms with Gasteiger partial charge in [0.25, 0.3) is 5.91 Å². The molecule has 120 valence electrons. The maximum absolute atomic E-state index is 12.2. The fraction of sp³-hybridized carbons (Fsp3) is 0.222. The Morgan fingerprint density at radius 3 is 2.30 bits per heavy atom. The fourth-order valence-electron chi connectivity index (χ4n) is 2.16. The standard InChI is InChI=1S/C18H19NO4/c1-2-23-15-10-8-14(9-11-15)17(20)19-16(18(21)22)12-13-6-4-3-5-7-13/h3-11,16H,2,12H2,1H3,(H,19,20)(H,21,22). The van der Waals surface area contributed by atoms with Crippen LogP contribution in [0.2, 0.25) is 0 Å². The van der Waals surface area contributed by atoms with Crippen molar-refractivity contribution in [3.05, 3.63) is 65.7 Å². The third-order valence-corrected chi connectivity index (χ3v) is 3.31. The van der Waals surface area contributed by atoms with Crippen molar-refractivity contribution in [2.24, 2.45) is 0 Å². The second-order valence-corrected chi connectivity index (χ2v) is 5.01. The lowest BCUT2D eigenvalue weighted by atomic mass is 10.1.